The van der Waals surface area contributed by atoms with Crippen LogP contribution in [0.5, 0.6) is 11.5 Å². The lowest BCUT2D eigenvalue weighted by molar-refractivity contribution is 0.0429. The van der Waals surface area contributed by atoms with Gasteiger partial charge in [0.15, 0.2) is 6.61 Å². The van der Waals surface area contributed by atoms with Gasteiger partial charge in [-0.15, -0.1) is 0 Å². The first-order chi connectivity index (χ1) is 14.8. The van der Waals surface area contributed by atoms with Crippen LogP contribution in [0.25, 0.3) is 11.4 Å². The standard InChI is InChI=1S/C19H16F2N2O7S/c1-27-12-5-8-14(15(9-12)28-2)17-22-16(30-23-17)10-29-18(24)11-3-6-13(7-4-11)31(25,26)19(20)21/h3-9,19H,10H2,1-2H3. The quantitative estimate of drug-likeness (QED) is 0.473. The third-order valence-electron chi connectivity index (χ3n) is 4.10. The Hall–Kier alpha value is -3.54. The molecule has 1 aromatic heterocycles. The molecule has 0 spiro atoms. The van der Waals surface area contributed by atoms with Gasteiger partial charge >= 0.3 is 11.7 Å². The molecule has 0 saturated heterocycles. The summed E-state index contributed by atoms with van der Waals surface area (Å²) in [5.41, 5.74) is 0.491. The molecule has 0 N–H and O–H groups in total. The largest absolute Gasteiger partial charge is 0.497 e. The number of carbonyl (C=O) groups is 1. The molecule has 0 radical (unpaired) electrons. The summed E-state index contributed by atoms with van der Waals surface area (Å²) >= 11 is 0. The van der Waals surface area contributed by atoms with Gasteiger partial charge in [0, 0.05) is 6.07 Å². The van der Waals surface area contributed by atoms with Crippen molar-refractivity contribution < 1.29 is 40.7 Å². The molecule has 3 aromatic rings. The van der Waals surface area contributed by atoms with Crippen molar-refractivity contribution in [2.45, 2.75) is 17.3 Å². The molecule has 0 saturated carbocycles. The third-order valence-corrected chi connectivity index (χ3v) is 5.50. The molecule has 9 nitrogen and oxygen atoms in total. The number of nitrogens with zero attached hydrogens (tertiary/aromatic N) is 2. The van der Waals surface area contributed by atoms with E-state index in [1.54, 1.807) is 18.2 Å². The van der Waals surface area contributed by atoms with Crippen LogP contribution in [-0.2, 0) is 21.2 Å². The number of benzene rings is 2. The Morgan fingerprint density at radius 1 is 1.10 bits per heavy atom. The van der Waals surface area contributed by atoms with E-state index >= 15 is 0 Å². The van der Waals surface area contributed by atoms with Crippen molar-refractivity contribution in [3.05, 3.63) is 53.9 Å². The van der Waals surface area contributed by atoms with E-state index in [9.17, 15) is 22.0 Å². The van der Waals surface area contributed by atoms with E-state index in [2.05, 4.69) is 10.1 Å². The molecule has 0 aliphatic heterocycles. The highest BCUT2D eigenvalue weighted by molar-refractivity contribution is 7.91. The van der Waals surface area contributed by atoms with E-state index < -0.39 is 26.5 Å². The van der Waals surface area contributed by atoms with Gasteiger partial charge in [-0.25, -0.2) is 13.2 Å². The van der Waals surface area contributed by atoms with Gasteiger partial charge in [0.1, 0.15) is 11.5 Å². The first kappa shape index (κ1) is 22.2. The molecule has 0 fully saturated rings. The molecule has 0 atom stereocenters. The Balaban J connectivity index is 1.68. The van der Waals surface area contributed by atoms with Gasteiger partial charge in [0.05, 0.1) is 30.2 Å². The highest BCUT2D eigenvalue weighted by Gasteiger charge is 2.26. The molecular weight excluding hydrogens is 438 g/mol. The van der Waals surface area contributed by atoms with Crippen molar-refractivity contribution in [3.8, 4) is 22.9 Å². The highest BCUT2D eigenvalue weighted by Crippen LogP contribution is 2.31. The average Bonchev–Trinajstić information content (AvgIpc) is 3.25. The second kappa shape index (κ2) is 9.08. The summed E-state index contributed by atoms with van der Waals surface area (Å²) in [6.07, 6.45) is 0. The lowest BCUT2D eigenvalue weighted by atomic mass is 10.2. The van der Waals surface area contributed by atoms with E-state index in [1.165, 1.54) is 14.2 Å². The van der Waals surface area contributed by atoms with Crippen molar-refractivity contribution in [1.82, 2.24) is 10.1 Å². The lowest BCUT2D eigenvalue weighted by Gasteiger charge is -2.07. The van der Waals surface area contributed by atoms with Gasteiger partial charge in [0.25, 0.3) is 5.89 Å². The van der Waals surface area contributed by atoms with E-state index in [0.29, 0.717) is 17.1 Å². The zero-order valence-corrected chi connectivity index (χ0v) is 17.1. The first-order valence-corrected chi connectivity index (χ1v) is 10.1. The number of rotatable bonds is 8. The van der Waals surface area contributed by atoms with Crippen molar-refractivity contribution in [1.29, 1.82) is 0 Å². The second-order valence-corrected chi connectivity index (χ2v) is 7.90. The molecule has 0 aliphatic carbocycles. The molecule has 2 aromatic carbocycles. The number of hydrogen-bond donors (Lipinski definition) is 0. The van der Waals surface area contributed by atoms with Gasteiger partial charge in [0.2, 0.25) is 15.7 Å². The van der Waals surface area contributed by atoms with Crippen LogP contribution in [0.2, 0.25) is 0 Å². The average molecular weight is 454 g/mol. The van der Waals surface area contributed by atoms with Crippen molar-refractivity contribution in [2.75, 3.05) is 14.2 Å². The predicted molar refractivity (Wildman–Crippen MR) is 102 cm³/mol. The Morgan fingerprint density at radius 2 is 1.81 bits per heavy atom. The van der Waals surface area contributed by atoms with E-state index in [4.69, 9.17) is 18.7 Å². The Morgan fingerprint density at radius 3 is 2.42 bits per heavy atom. The van der Waals surface area contributed by atoms with Crippen LogP contribution in [0.15, 0.2) is 51.9 Å². The monoisotopic (exact) mass is 454 g/mol. The van der Waals surface area contributed by atoms with Gasteiger partial charge in [-0.2, -0.15) is 13.8 Å². The van der Waals surface area contributed by atoms with Gasteiger partial charge in [-0.1, -0.05) is 5.16 Å². The maximum Gasteiger partial charge on any atom is 0.341 e. The molecule has 31 heavy (non-hydrogen) atoms. The molecule has 164 valence electrons. The third kappa shape index (κ3) is 4.79. The fourth-order valence-electron chi connectivity index (χ4n) is 2.50. The number of ether oxygens (including phenoxy) is 3. The number of sulfone groups is 1. The molecule has 0 bridgehead atoms. The van der Waals surface area contributed by atoms with Crippen LogP contribution >= 0.6 is 0 Å². The molecular formula is C19H16F2N2O7S. The molecule has 12 heteroatoms. The van der Waals surface area contributed by atoms with Crippen molar-refractivity contribution >= 4 is 15.8 Å². The number of aromatic nitrogens is 2. The van der Waals surface area contributed by atoms with Crippen LogP contribution in [0, 0.1) is 0 Å². The van der Waals surface area contributed by atoms with Gasteiger partial charge < -0.3 is 18.7 Å². The zero-order chi connectivity index (χ0) is 22.6. The summed E-state index contributed by atoms with van der Waals surface area (Å²) in [6.45, 7) is -0.360. The maximum absolute atomic E-state index is 12.6. The van der Waals surface area contributed by atoms with Crippen LogP contribution in [0.3, 0.4) is 0 Å². The Bertz CT molecular complexity index is 1180. The highest BCUT2D eigenvalue weighted by atomic mass is 32.2. The van der Waals surface area contributed by atoms with Crippen LogP contribution in [0.1, 0.15) is 16.2 Å². The summed E-state index contributed by atoms with van der Waals surface area (Å²) in [5, 5.41) is 3.82. The fraction of sp³-hybridized carbons (Fsp3) is 0.211. The van der Waals surface area contributed by atoms with Crippen LogP contribution in [-0.4, -0.2) is 44.5 Å². The van der Waals surface area contributed by atoms with Crippen LogP contribution in [0.4, 0.5) is 8.78 Å². The molecule has 0 aliphatic rings. The number of esters is 1. The minimum absolute atomic E-state index is 0.00174. The minimum Gasteiger partial charge on any atom is -0.497 e. The molecule has 3 rings (SSSR count). The lowest BCUT2D eigenvalue weighted by Crippen LogP contribution is -2.12. The fourth-order valence-corrected chi connectivity index (χ4v) is 3.22. The number of methoxy groups -OCH3 is 2. The molecule has 0 amide bonds. The van der Waals surface area contributed by atoms with E-state index in [1.807, 2.05) is 0 Å². The Labute approximate surface area is 175 Å². The molecule has 0 unspecified atom stereocenters. The summed E-state index contributed by atoms with van der Waals surface area (Å²) in [6, 6.07) is 8.94. The van der Waals surface area contributed by atoms with Gasteiger partial charge in [-0.3, -0.25) is 0 Å². The maximum atomic E-state index is 12.6. The van der Waals surface area contributed by atoms with Crippen molar-refractivity contribution in [3.63, 3.8) is 0 Å². The van der Waals surface area contributed by atoms with Crippen LogP contribution < -0.4 is 9.47 Å². The predicted octanol–water partition coefficient (Wildman–Crippen LogP) is 3.11. The first-order valence-electron chi connectivity index (χ1n) is 8.60. The summed E-state index contributed by atoms with van der Waals surface area (Å²) in [7, 11) is -1.76. The summed E-state index contributed by atoms with van der Waals surface area (Å²) in [5.74, 6) is -3.16. The summed E-state index contributed by atoms with van der Waals surface area (Å²) < 4.78 is 68.5. The number of carbonyl (C=O) groups excluding carboxylic acids is 1. The van der Waals surface area contributed by atoms with E-state index in [-0.39, 0.29) is 23.9 Å². The zero-order valence-electron chi connectivity index (χ0n) is 16.2. The topological polar surface area (TPSA) is 118 Å². The second-order valence-electron chi connectivity index (χ2n) is 5.98. The smallest absolute Gasteiger partial charge is 0.341 e. The number of halogens is 2. The minimum atomic E-state index is -4.75. The number of alkyl halides is 2. The SMILES string of the molecule is COc1ccc(-c2noc(COC(=O)c3ccc(S(=O)(=O)C(F)F)cc3)n2)c(OC)c1. The normalized spacial score (nSPS) is 11.4. The Kier molecular flexibility index (Phi) is 6.49. The number of hydrogen-bond acceptors (Lipinski definition) is 9. The van der Waals surface area contributed by atoms with Gasteiger partial charge in [-0.05, 0) is 36.4 Å². The molecule has 1 heterocycles. The summed E-state index contributed by atoms with van der Waals surface area (Å²) in [4.78, 5) is 15.7. The van der Waals surface area contributed by atoms with E-state index in [0.717, 1.165) is 24.3 Å². The van der Waals surface area contributed by atoms with Crippen molar-refractivity contribution in [2.24, 2.45) is 0 Å².